The molecule has 27 heavy (non-hydrogen) atoms. The zero-order chi connectivity index (χ0) is 20.0. The molecule has 1 heterocycles. The number of imide groups is 1. The van der Waals surface area contributed by atoms with Gasteiger partial charge in [0.25, 0.3) is 17.7 Å². The SMILES string of the molecule is CCCCNC(=O)COC(=O)[C@H](CC(C)C)N1C(=O)c2ccccc2C1=O. The molecule has 0 radical (unpaired) electrons. The maximum Gasteiger partial charge on any atom is 0.329 e. The number of carbonyl (C=O) groups excluding carboxylic acids is 4. The monoisotopic (exact) mass is 374 g/mol. The molecule has 7 heteroatoms. The molecule has 2 rings (SSSR count). The van der Waals surface area contributed by atoms with Crippen LogP contribution in [-0.4, -0.2) is 47.8 Å². The van der Waals surface area contributed by atoms with Gasteiger partial charge in [0.1, 0.15) is 6.04 Å². The van der Waals surface area contributed by atoms with Gasteiger partial charge < -0.3 is 10.1 Å². The Morgan fingerprint density at radius 1 is 1.11 bits per heavy atom. The fraction of sp³-hybridized carbons (Fsp3) is 0.500. The largest absolute Gasteiger partial charge is 0.454 e. The van der Waals surface area contributed by atoms with Gasteiger partial charge in [-0.15, -0.1) is 0 Å². The molecule has 0 aliphatic carbocycles. The van der Waals surface area contributed by atoms with Crippen molar-refractivity contribution in [2.75, 3.05) is 13.2 Å². The van der Waals surface area contributed by atoms with E-state index in [9.17, 15) is 19.2 Å². The molecule has 3 amide bonds. The molecular formula is C20H26N2O5. The first-order valence-corrected chi connectivity index (χ1v) is 9.27. The minimum absolute atomic E-state index is 0.0465. The Kier molecular flexibility index (Phi) is 7.10. The molecule has 0 saturated heterocycles. The van der Waals surface area contributed by atoms with Crippen molar-refractivity contribution in [3.05, 3.63) is 35.4 Å². The van der Waals surface area contributed by atoms with Gasteiger partial charge in [-0.05, 0) is 30.9 Å². The van der Waals surface area contributed by atoms with Gasteiger partial charge in [0.2, 0.25) is 0 Å². The van der Waals surface area contributed by atoms with Crippen molar-refractivity contribution >= 4 is 23.7 Å². The number of nitrogens with one attached hydrogen (secondary N) is 1. The van der Waals surface area contributed by atoms with Gasteiger partial charge in [0.05, 0.1) is 11.1 Å². The molecule has 0 bridgehead atoms. The van der Waals surface area contributed by atoms with Crippen molar-refractivity contribution in [3.63, 3.8) is 0 Å². The van der Waals surface area contributed by atoms with Crippen molar-refractivity contribution in [3.8, 4) is 0 Å². The highest BCUT2D eigenvalue weighted by atomic mass is 16.5. The smallest absolute Gasteiger partial charge is 0.329 e. The summed E-state index contributed by atoms with van der Waals surface area (Å²) in [6, 6.07) is 5.41. The fourth-order valence-electron chi connectivity index (χ4n) is 2.93. The summed E-state index contributed by atoms with van der Waals surface area (Å²) < 4.78 is 5.11. The molecule has 0 fully saturated rings. The predicted octanol–water partition coefficient (Wildman–Crippen LogP) is 2.16. The summed E-state index contributed by atoms with van der Waals surface area (Å²) in [5.41, 5.74) is 0.558. The summed E-state index contributed by atoms with van der Waals surface area (Å²) in [6.45, 7) is 5.86. The number of ether oxygens (including phenoxy) is 1. The van der Waals surface area contributed by atoms with Crippen LogP contribution in [0, 0.1) is 5.92 Å². The molecule has 146 valence electrons. The topological polar surface area (TPSA) is 92.8 Å². The molecule has 1 aromatic rings. The first-order chi connectivity index (χ1) is 12.9. The number of hydrogen-bond donors (Lipinski definition) is 1. The summed E-state index contributed by atoms with van der Waals surface area (Å²) >= 11 is 0. The van der Waals surface area contributed by atoms with E-state index < -0.39 is 36.3 Å². The molecule has 0 spiro atoms. The Morgan fingerprint density at radius 2 is 1.70 bits per heavy atom. The Hall–Kier alpha value is -2.70. The third-order valence-electron chi connectivity index (χ3n) is 4.30. The molecule has 1 aliphatic rings. The molecule has 1 atom stereocenters. The van der Waals surface area contributed by atoms with Crippen LogP contribution in [0.1, 0.15) is 60.7 Å². The lowest BCUT2D eigenvalue weighted by atomic mass is 10.0. The number of carbonyl (C=O) groups is 4. The standard InChI is InChI=1S/C20H26N2O5/c1-4-5-10-21-17(23)12-27-20(26)16(11-13(2)3)22-18(24)14-8-6-7-9-15(14)19(22)25/h6-9,13,16H,4-5,10-12H2,1-3H3,(H,21,23)/t16-/m0/s1. The summed E-state index contributed by atoms with van der Waals surface area (Å²) in [5.74, 6) is -2.12. The van der Waals surface area contributed by atoms with Gasteiger partial charge in [-0.1, -0.05) is 39.3 Å². The van der Waals surface area contributed by atoms with E-state index in [1.54, 1.807) is 24.3 Å². The highest BCUT2D eigenvalue weighted by molar-refractivity contribution is 6.22. The van der Waals surface area contributed by atoms with E-state index in [2.05, 4.69) is 5.32 Å². The molecule has 0 unspecified atom stereocenters. The average molecular weight is 374 g/mol. The molecule has 0 aromatic heterocycles. The molecule has 1 aromatic carbocycles. The quantitative estimate of drug-likeness (QED) is 0.406. The van der Waals surface area contributed by atoms with Gasteiger partial charge in [-0.3, -0.25) is 19.3 Å². The van der Waals surface area contributed by atoms with E-state index in [0.717, 1.165) is 17.7 Å². The Balaban J connectivity index is 2.09. The number of rotatable bonds is 9. The second-order valence-corrected chi connectivity index (χ2v) is 6.98. The zero-order valence-electron chi connectivity index (χ0n) is 16.0. The van der Waals surface area contributed by atoms with Crippen LogP contribution < -0.4 is 5.32 Å². The summed E-state index contributed by atoms with van der Waals surface area (Å²) in [6.07, 6.45) is 2.04. The molecule has 1 N–H and O–H groups in total. The number of unbranched alkanes of at least 4 members (excludes halogenated alkanes) is 1. The first kappa shape index (κ1) is 20.6. The normalized spacial score (nSPS) is 14.3. The highest BCUT2D eigenvalue weighted by Gasteiger charge is 2.43. The minimum Gasteiger partial charge on any atom is -0.454 e. The second kappa shape index (κ2) is 9.30. The Bertz CT molecular complexity index is 694. The number of benzene rings is 1. The summed E-state index contributed by atoms with van der Waals surface area (Å²) in [4.78, 5) is 50.6. The van der Waals surface area contributed by atoms with Crippen LogP contribution in [0.4, 0.5) is 0 Å². The third kappa shape index (κ3) is 4.93. The van der Waals surface area contributed by atoms with Crippen molar-refractivity contribution in [1.29, 1.82) is 0 Å². The van der Waals surface area contributed by atoms with Crippen LogP contribution in [0.5, 0.6) is 0 Å². The Morgan fingerprint density at radius 3 is 2.22 bits per heavy atom. The van der Waals surface area contributed by atoms with Crippen molar-refractivity contribution < 1.29 is 23.9 Å². The van der Waals surface area contributed by atoms with Crippen LogP contribution >= 0.6 is 0 Å². The summed E-state index contributed by atoms with van der Waals surface area (Å²) in [7, 11) is 0. The maximum atomic E-state index is 12.7. The molecule has 7 nitrogen and oxygen atoms in total. The number of amides is 3. The van der Waals surface area contributed by atoms with Crippen LogP contribution in [0.15, 0.2) is 24.3 Å². The summed E-state index contributed by atoms with van der Waals surface area (Å²) in [5, 5.41) is 2.66. The van der Waals surface area contributed by atoms with Crippen LogP contribution in [0.3, 0.4) is 0 Å². The average Bonchev–Trinajstić information content (AvgIpc) is 2.89. The van der Waals surface area contributed by atoms with E-state index in [1.165, 1.54) is 0 Å². The lowest BCUT2D eigenvalue weighted by Crippen LogP contribution is -2.47. The maximum absolute atomic E-state index is 12.7. The lowest BCUT2D eigenvalue weighted by Gasteiger charge is -2.25. The van der Waals surface area contributed by atoms with Gasteiger partial charge in [0.15, 0.2) is 6.61 Å². The van der Waals surface area contributed by atoms with E-state index in [0.29, 0.717) is 6.54 Å². The van der Waals surface area contributed by atoms with Crippen LogP contribution in [0.2, 0.25) is 0 Å². The number of hydrogen-bond acceptors (Lipinski definition) is 5. The highest BCUT2D eigenvalue weighted by Crippen LogP contribution is 2.27. The fourth-order valence-corrected chi connectivity index (χ4v) is 2.93. The lowest BCUT2D eigenvalue weighted by molar-refractivity contribution is -0.152. The number of esters is 1. The van der Waals surface area contributed by atoms with E-state index in [4.69, 9.17) is 4.74 Å². The van der Waals surface area contributed by atoms with E-state index in [1.807, 2.05) is 20.8 Å². The van der Waals surface area contributed by atoms with E-state index in [-0.39, 0.29) is 23.5 Å². The van der Waals surface area contributed by atoms with Gasteiger partial charge in [0, 0.05) is 6.54 Å². The van der Waals surface area contributed by atoms with Crippen LogP contribution in [0.25, 0.3) is 0 Å². The first-order valence-electron chi connectivity index (χ1n) is 9.27. The van der Waals surface area contributed by atoms with E-state index >= 15 is 0 Å². The minimum atomic E-state index is -1.05. The van der Waals surface area contributed by atoms with Crippen molar-refractivity contribution in [2.45, 2.75) is 46.1 Å². The number of fused-ring (bicyclic) bond motifs is 1. The second-order valence-electron chi connectivity index (χ2n) is 6.98. The van der Waals surface area contributed by atoms with Crippen LogP contribution in [-0.2, 0) is 14.3 Å². The number of nitrogens with zero attached hydrogens (tertiary/aromatic N) is 1. The van der Waals surface area contributed by atoms with Crippen molar-refractivity contribution in [1.82, 2.24) is 10.2 Å². The van der Waals surface area contributed by atoms with Gasteiger partial charge in [-0.25, -0.2) is 4.79 Å². The van der Waals surface area contributed by atoms with Gasteiger partial charge in [-0.2, -0.15) is 0 Å². The molecule has 0 saturated carbocycles. The van der Waals surface area contributed by atoms with Gasteiger partial charge >= 0.3 is 5.97 Å². The predicted molar refractivity (Wildman–Crippen MR) is 99.1 cm³/mol. The Labute approximate surface area is 159 Å². The third-order valence-corrected chi connectivity index (χ3v) is 4.30. The molecule has 1 aliphatic heterocycles. The van der Waals surface area contributed by atoms with Crippen molar-refractivity contribution in [2.24, 2.45) is 5.92 Å². The molecular weight excluding hydrogens is 348 g/mol. The zero-order valence-corrected chi connectivity index (χ0v) is 16.0.